The monoisotopic (exact) mass is 826 g/mol. The number of nitrogens with one attached hydrogen (secondary N) is 2. The topological polar surface area (TPSA) is 155 Å². The maximum Gasteiger partial charge on any atom is 0.257 e. The molecule has 3 fully saturated rings. The van der Waals surface area contributed by atoms with Gasteiger partial charge in [-0.15, -0.1) is 0 Å². The standard InChI is InChI=1S/C45H52ClFN6O6/c1-44(2)42(45(3,4)43(44)59-30-15-14-29(26-48)33(46)23-30)50-38(55)28-12-10-27(11-13-28)9-7-5-6-8-18-51-19-21-52(22-20-51)36-25-32-31(24-34(36)47)40(57)53(41(32)58)35-16-17-37(54)49-39(35)56/h10-15,23-25,35,40,42-43,57H,5-9,16-22H2,1-4H3,(H,50,55)(H,49,54,56). The number of halogens is 2. The third-order valence-corrected chi connectivity index (χ3v) is 13.0. The first-order valence-electron chi connectivity index (χ1n) is 20.5. The lowest BCUT2D eigenvalue weighted by Crippen LogP contribution is -2.74. The summed E-state index contributed by atoms with van der Waals surface area (Å²) in [5.41, 5.74) is 2.12. The van der Waals surface area contributed by atoms with Gasteiger partial charge in [0.15, 0.2) is 6.23 Å². The molecule has 4 aliphatic rings. The summed E-state index contributed by atoms with van der Waals surface area (Å²) in [7, 11) is 0. The number of rotatable bonds is 13. The number of fused-ring (bicyclic) bond motifs is 1. The molecule has 1 saturated carbocycles. The highest BCUT2D eigenvalue weighted by Crippen LogP contribution is 2.55. The van der Waals surface area contributed by atoms with E-state index in [1.165, 1.54) is 17.7 Å². The van der Waals surface area contributed by atoms with Gasteiger partial charge < -0.3 is 20.1 Å². The lowest BCUT2D eigenvalue weighted by atomic mass is 9.49. The van der Waals surface area contributed by atoms with Crippen molar-refractivity contribution >= 4 is 40.9 Å². The number of aliphatic hydroxyl groups excluding tert-OH is 1. The summed E-state index contributed by atoms with van der Waals surface area (Å²) in [5, 5.41) is 25.9. The number of amides is 4. The van der Waals surface area contributed by atoms with Gasteiger partial charge in [-0.3, -0.25) is 34.3 Å². The lowest BCUT2D eigenvalue weighted by molar-refractivity contribution is -0.164. The zero-order valence-electron chi connectivity index (χ0n) is 34.0. The molecule has 2 unspecified atom stereocenters. The molecule has 4 amide bonds. The number of hydrogen-bond acceptors (Lipinski definition) is 9. The van der Waals surface area contributed by atoms with Crippen LogP contribution in [0.4, 0.5) is 10.1 Å². The van der Waals surface area contributed by atoms with Crippen molar-refractivity contribution in [1.29, 1.82) is 5.26 Å². The summed E-state index contributed by atoms with van der Waals surface area (Å²) in [4.78, 5) is 56.1. The van der Waals surface area contributed by atoms with Crippen LogP contribution in [0, 0.1) is 28.0 Å². The van der Waals surface area contributed by atoms with E-state index in [1.807, 2.05) is 29.2 Å². The van der Waals surface area contributed by atoms with Crippen molar-refractivity contribution < 1.29 is 33.4 Å². The Morgan fingerprint density at radius 3 is 2.34 bits per heavy atom. The van der Waals surface area contributed by atoms with Crippen LogP contribution in [-0.2, 0) is 16.0 Å². The van der Waals surface area contributed by atoms with Gasteiger partial charge in [0.25, 0.3) is 11.8 Å². The fraction of sp³-hybridized carbons (Fsp3) is 0.489. The molecule has 1 aliphatic carbocycles. The molecule has 3 aliphatic heterocycles. The summed E-state index contributed by atoms with van der Waals surface area (Å²) < 4.78 is 21.7. The maximum absolute atomic E-state index is 15.4. The smallest absolute Gasteiger partial charge is 0.257 e. The van der Waals surface area contributed by atoms with Crippen molar-refractivity contribution in [3.8, 4) is 11.8 Å². The van der Waals surface area contributed by atoms with Crippen LogP contribution in [0.3, 0.4) is 0 Å². The Morgan fingerprint density at radius 1 is 0.983 bits per heavy atom. The lowest BCUT2D eigenvalue weighted by Gasteiger charge is -2.63. The SMILES string of the molecule is CC1(C)C(NC(=O)c2ccc(CCCCCCN3CCN(c4cc5c(cc4F)C(O)N(C4CCC(=O)NC4=O)C5=O)CC3)cc2)C(C)(C)C1Oc1ccc(C#N)c(Cl)c1. The minimum Gasteiger partial charge on any atom is -0.489 e. The van der Waals surface area contributed by atoms with Gasteiger partial charge in [0.05, 0.1) is 16.3 Å². The van der Waals surface area contributed by atoms with E-state index in [1.54, 1.807) is 18.2 Å². The van der Waals surface area contributed by atoms with E-state index in [4.69, 9.17) is 16.3 Å². The summed E-state index contributed by atoms with van der Waals surface area (Å²) in [5.74, 6) is -1.65. The summed E-state index contributed by atoms with van der Waals surface area (Å²) in [6, 6.07) is 16.5. The van der Waals surface area contributed by atoms with Crippen molar-refractivity contribution in [2.45, 2.75) is 97.1 Å². The second kappa shape index (κ2) is 16.9. The number of aryl methyl sites for hydroxylation is 1. The predicted molar refractivity (Wildman–Crippen MR) is 220 cm³/mol. The van der Waals surface area contributed by atoms with Crippen LogP contribution >= 0.6 is 11.6 Å². The van der Waals surface area contributed by atoms with E-state index in [9.17, 15) is 29.5 Å². The van der Waals surface area contributed by atoms with Gasteiger partial charge in [0.1, 0.15) is 29.8 Å². The van der Waals surface area contributed by atoms with Crippen molar-refractivity contribution in [3.05, 3.63) is 93.3 Å². The number of piperazine rings is 1. The Morgan fingerprint density at radius 2 is 1.68 bits per heavy atom. The Kier molecular flexibility index (Phi) is 12.1. The highest BCUT2D eigenvalue weighted by molar-refractivity contribution is 6.31. The van der Waals surface area contributed by atoms with Crippen molar-refractivity contribution in [1.82, 2.24) is 20.4 Å². The Labute approximate surface area is 349 Å². The van der Waals surface area contributed by atoms with Crippen LogP contribution in [0.15, 0.2) is 54.6 Å². The van der Waals surface area contributed by atoms with Gasteiger partial charge in [-0.2, -0.15) is 5.26 Å². The van der Waals surface area contributed by atoms with Gasteiger partial charge in [-0.1, -0.05) is 64.3 Å². The third-order valence-electron chi connectivity index (χ3n) is 12.7. The van der Waals surface area contributed by atoms with Gasteiger partial charge in [0, 0.05) is 72.2 Å². The normalized spacial score (nSPS) is 23.6. The molecule has 59 heavy (non-hydrogen) atoms. The number of ether oxygens (including phenoxy) is 1. The molecule has 0 bridgehead atoms. The highest BCUT2D eigenvalue weighted by Gasteiger charge is 2.64. The quantitative estimate of drug-likeness (QED) is 0.136. The molecule has 3 heterocycles. The van der Waals surface area contributed by atoms with Crippen molar-refractivity contribution in [2.24, 2.45) is 10.8 Å². The van der Waals surface area contributed by atoms with E-state index in [2.05, 4.69) is 49.3 Å². The Balaban J connectivity index is 0.810. The minimum absolute atomic E-state index is 0.0597. The van der Waals surface area contributed by atoms with E-state index >= 15 is 4.39 Å². The number of nitrogens with zero attached hydrogens (tertiary/aromatic N) is 4. The molecule has 12 nitrogen and oxygen atoms in total. The molecule has 7 rings (SSSR count). The predicted octanol–water partition coefficient (Wildman–Crippen LogP) is 6.14. The first-order valence-corrected chi connectivity index (χ1v) is 20.9. The largest absolute Gasteiger partial charge is 0.489 e. The van der Waals surface area contributed by atoms with Crippen LogP contribution < -0.4 is 20.3 Å². The number of imide groups is 1. The molecule has 2 saturated heterocycles. The van der Waals surface area contributed by atoms with Gasteiger partial charge in [-0.25, -0.2) is 4.39 Å². The molecular formula is C45H52ClFN6O6. The second-order valence-electron chi connectivity index (χ2n) is 17.4. The van der Waals surface area contributed by atoms with Crippen molar-refractivity contribution in [2.75, 3.05) is 37.6 Å². The number of unbranched alkanes of at least 4 members (excludes halogenated alkanes) is 3. The molecule has 3 N–H and O–H groups in total. The number of piperidine rings is 1. The number of carbonyl (C=O) groups is 4. The molecular weight excluding hydrogens is 775 g/mol. The van der Waals surface area contributed by atoms with Crippen LogP contribution in [0.1, 0.15) is 110 Å². The first-order chi connectivity index (χ1) is 28.1. The average molecular weight is 827 g/mol. The number of aliphatic hydroxyl groups is 1. The van der Waals surface area contributed by atoms with Gasteiger partial charge in [-0.05, 0) is 74.2 Å². The maximum atomic E-state index is 15.4. The first kappa shape index (κ1) is 42.1. The Hall–Kier alpha value is -5.03. The number of carbonyl (C=O) groups excluding carboxylic acids is 4. The summed E-state index contributed by atoms with van der Waals surface area (Å²) >= 11 is 6.23. The highest BCUT2D eigenvalue weighted by atomic mass is 35.5. The number of anilines is 1. The third kappa shape index (κ3) is 8.40. The van der Waals surface area contributed by atoms with Crippen LogP contribution in [-0.4, -0.2) is 89.4 Å². The molecule has 0 radical (unpaired) electrons. The zero-order chi connectivity index (χ0) is 42.2. The molecule has 0 aromatic heterocycles. The minimum atomic E-state index is -1.46. The summed E-state index contributed by atoms with van der Waals surface area (Å²) in [6.45, 7) is 12.0. The van der Waals surface area contributed by atoms with Gasteiger partial charge in [0.2, 0.25) is 11.8 Å². The number of nitriles is 1. The molecule has 2 atom stereocenters. The summed E-state index contributed by atoms with van der Waals surface area (Å²) in [6.07, 6.45) is 3.72. The van der Waals surface area contributed by atoms with Crippen LogP contribution in [0.25, 0.3) is 0 Å². The second-order valence-corrected chi connectivity index (χ2v) is 17.8. The molecule has 0 spiro atoms. The molecule has 14 heteroatoms. The number of hydrogen-bond donors (Lipinski definition) is 3. The fourth-order valence-corrected chi connectivity index (χ4v) is 9.95. The van der Waals surface area contributed by atoms with Crippen LogP contribution in [0.2, 0.25) is 5.02 Å². The Bertz CT molecular complexity index is 2150. The van der Waals surface area contributed by atoms with E-state index < -0.39 is 35.8 Å². The van der Waals surface area contributed by atoms with Crippen LogP contribution in [0.5, 0.6) is 5.75 Å². The van der Waals surface area contributed by atoms with E-state index in [-0.39, 0.29) is 52.9 Å². The average Bonchev–Trinajstić information content (AvgIpc) is 3.44. The van der Waals surface area contributed by atoms with Gasteiger partial charge >= 0.3 is 0 Å². The van der Waals surface area contributed by atoms with Crippen molar-refractivity contribution in [3.63, 3.8) is 0 Å². The van der Waals surface area contributed by atoms with E-state index in [0.29, 0.717) is 40.7 Å². The molecule has 3 aromatic rings. The number of benzene rings is 3. The molecule has 3 aromatic carbocycles. The zero-order valence-corrected chi connectivity index (χ0v) is 34.8. The van der Waals surface area contributed by atoms with E-state index in [0.717, 1.165) is 56.6 Å². The fourth-order valence-electron chi connectivity index (χ4n) is 9.74. The molecule has 312 valence electrons.